The standard InChI is InChI=1S/C17H17N3O2/c1-13-16(20-11-6-5-9-15(20)19-13)17(21)18-10-12-22-14-7-3-2-4-8-14/h2-9,11H,10,12H2,1H3,(H,18,21). The number of nitrogens with zero attached hydrogens (tertiary/aromatic N) is 2. The number of aromatic nitrogens is 2. The van der Waals surface area contributed by atoms with Gasteiger partial charge in [0.15, 0.2) is 0 Å². The van der Waals surface area contributed by atoms with Gasteiger partial charge in [-0.3, -0.25) is 9.20 Å². The average molecular weight is 295 g/mol. The van der Waals surface area contributed by atoms with E-state index in [4.69, 9.17) is 4.74 Å². The maximum absolute atomic E-state index is 12.3. The molecule has 0 radical (unpaired) electrons. The van der Waals surface area contributed by atoms with Gasteiger partial charge >= 0.3 is 0 Å². The summed E-state index contributed by atoms with van der Waals surface area (Å²) in [6.45, 7) is 2.70. The van der Waals surface area contributed by atoms with Crippen LogP contribution in [0.5, 0.6) is 5.75 Å². The molecule has 0 saturated carbocycles. The van der Waals surface area contributed by atoms with Crippen LogP contribution in [-0.4, -0.2) is 28.4 Å². The first-order chi connectivity index (χ1) is 10.8. The highest BCUT2D eigenvalue weighted by molar-refractivity contribution is 5.94. The number of carbonyl (C=O) groups is 1. The predicted molar refractivity (Wildman–Crippen MR) is 84.2 cm³/mol. The number of pyridine rings is 1. The maximum atomic E-state index is 12.3. The number of amides is 1. The third-order valence-electron chi connectivity index (χ3n) is 3.32. The van der Waals surface area contributed by atoms with Crippen molar-refractivity contribution in [2.45, 2.75) is 6.92 Å². The predicted octanol–water partition coefficient (Wildman–Crippen LogP) is 2.45. The fraction of sp³-hybridized carbons (Fsp3) is 0.176. The van der Waals surface area contributed by atoms with E-state index < -0.39 is 0 Å². The van der Waals surface area contributed by atoms with Crippen molar-refractivity contribution in [3.63, 3.8) is 0 Å². The molecule has 1 aromatic carbocycles. The Balaban J connectivity index is 1.61. The van der Waals surface area contributed by atoms with Gasteiger partial charge in [0.25, 0.3) is 5.91 Å². The monoisotopic (exact) mass is 295 g/mol. The summed E-state index contributed by atoms with van der Waals surface area (Å²) >= 11 is 0. The van der Waals surface area contributed by atoms with E-state index in [1.54, 1.807) is 4.40 Å². The zero-order valence-corrected chi connectivity index (χ0v) is 12.3. The van der Waals surface area contributed by atoms with Gasteiger partial charge in [0, 0.05) is 6.20 Å². The van der Waals surface area contributed by atoms with E-state index in [2.05, 4.69) is 10.3 Å². The van der Waals surface area contributed by atoms with Crippen LogP contribution in [0.15, 0.2) is 54.7 Å². The molecular weight excluding hydrogens is 278 g/mol. The molecule has 2 heterocycles. The number of hydrogen-bond acceptors (Lipinski definition) is 3. The second-order valence-electron chi connectivity index (χ2n) is 4.89. The van der Waals surface area contributed by atoms with Gasteiger partial charge in [-0.1, -0.05) is 24.3 Å². The van der Waals surface area contributed by atoms with Gasteiger partial charge in [0.1, 0.15) is 23.7 Å². The summed E-state index contributed by atoms with van der Waals surface area (Å²) < 4.78 is 7.35. The van der Waals surface area contributed by atoms with Crippen LogP contribution in [0.4, 0.5) is 0 Å². The van der Waals surface area contributed by atoms with Gasteiger partial charge in [-0.25, -0.2) is 4.98 Å². The highest BCUT2D eigenvalue weighted by Gasteiger charge is 2.15. The van der Waals surface area contributed by atoms with E-state index in [0.29, 0.717) is 24.5 Å². The lowest BCUT2D eigenvalue weighted by Crippen LogP contribution is -2.29. The Hall–Kier alpha value is -2.82. The number of para-hydroxylation sites is 1. The summed E-state index contributed by atoms with van der Waals surface area (Å²) in [5.74, 6) is 0.649. The SMILES string of the molecule is Cc1nc2ccccn2c1C(=O)NCCOc1ccccc1. The molecule has 112 valence electrons. The maximum Gasteiger partial charge on any atom is 0.270 e. The minimum absolute atomic E-state index is 0.145. The van der Waals surface area contributed by atoms with Crippen molar-refractivity contribution in [3.05, 3.63) is 66.1 Å². The Morgan fingerprint density at radius 2 is 1.95 bits per heavy atom. The molecule has 3 rings (SSSR count). The number of nitrogens with one attached hydrogen (secondary N) is 1. The van der Waals surface area contributed by atoms with Gasteiger partial charge in [-0.05, 0) is 31.2 Å². The molecule has 5 nitrogen and oxygen atoms in total. The van der Waals surface area contributed by atoms with Gasteiger partial charge < -0.3 is 10.1 Å². The fourth-order valence-electron chi connectivity index (χ4n) is 2.32. The first kappa shape index (κ1) is 14.1. The molecule has 0 fully saturated rings. The normalized spacial score (nSPS) is 10.6. The number of fused-ring (bicyclic) bond motifs is 1. The first-order valence-electron chi connectivity index (χ1n) is 7.15. The number of hydrogen-bond donors (Lipinski definition) is 1. The first-order valence-corrected chi connectivity index (χ1v) is 7.15. The molecule has 0 atom stereocenters. The second-order valence-corrected chi connectivity index (χ2v) is 4.89. The van der Waals surface area contributed by atoms with Crippen molar-refractivity contribution >= 4 is 11.6 Å². The zero-order chi connectivity index (χ0) is 15.4. The molecule has 1 N–H and O–H groups in total. The lowest BCUT2D eigenvalue weighted by molar-refractivity contribution is 0.0940. The highest BCUT2D eigenvalue weighted by Crippen LogP contribution is 2.11. The molecule has 0 saturated heterocycles. The van der Waals surface area contributed by atoms with E-state index in [1.807, 2.05) is 61.7 Å². The summed E-state index contributed by atoms with van der Waals surface area (Å²) in [5.41, 5.74) is 2.05. The Bertz CT molecular complexity index is 781. The Morgan fingerprint density at radius 1 is 1.18 bits per heavy atom. The zero-order valence-electron chi connectivity index (χ0n) is 12.3. The number of rotatable bonds is 5. The molecule has 5 heteroatoms. The fourth-order valence-corrected chi connectivity index (χ4v) is 2.32. The van der Waals surface area contributed by atoms with Crippen LogP contribution in [0.1, 0.15) is 16.2 Å². The molecule has 0 aliphatic carbocycles. The number of ether oxygens (including phenoxy) is 1. The van der Waals surface area contributed by atoms with Gasteiger partial charge in [0.2, 0.25) is 0 Å². The minimum atomic E-state index is -0.145. The average Bonchev–Trinajstić information content (AvgIpc) is 2.88. The van der Waals surface area contributed by atoms with Crippen molar-refractivity contribution in [2.24, 2.45) is 0 Å². The Labute approximate surface area is 128 Å². The van der Waals surface area contributed by atoms with Crippen molar-refractivity contribution in [3.8, 4) is 5.75 Å². The second kappa shape index (κ2) is 6.30. The minimum Gasteiger partial charge on any atom is -0.492 e. The smallest absolute Gasteiger partial charge is 0.270 e. The summed E-state index contributed by atoms with van der Waals surface area (Å²) in [6.07, 6.45) is 1.84. The molecular formula is C17H17N3O2. The Morgan fingerprint density at radius 3 is 2.77 bits per heavy atom. The third-order valence-corrected chi connectivity index (χ3v) is 3.32. The van der Waals surface area contributed by atoms with Crippen LogP contribution in [0, 0.1) is 6.92 Å². The number of aryl methyl sites for hydroxylation is 1. The van der Waals surface area contributed by atoms with Crippen molar-refractivity contribution in [1.82, 2.24) is 14.7 Å². The topological polar surface area (TPSA) is 55.6 Å². The quantitative estimate of drug-likeness (QED) is 0.736. The molecule has 2 aromatic heterocycles. The van der Waals surface area contributed by atoms with E-state index in [-0.39, 0.29) is 5.91 Å². The summed E-state index contributed by atoms with van der Waals surface area (Å²) in [5, 5.41) is 2.86. The van der Waals surface area contributed by atoms with Crippen LogP contribution in [0.25, 0.3) is 5.65 Å². The van der Waals surface area contributed by atoms with Crippen LogP contribution in [0.2, 0.25) is 0 Å². The lowest BCUT2D eigenvalue weighted by atomic mass is 10.3. The number of carbonyl (C=O) groups excluding carboxylic acids is 1. The third kappa shape index (κ3) is 2.93. The van der Waals surface area contributed by atoms with Crippen molar-refractivity contribution in [2.75, 3.05) is 13.2 Å². The van der Waals surface area contributed by atoms with E-state index in [0.717, 1.165) is 11.4 Å². The van der Waals surface area contributed by atoms with Crippen molar-refractivity contribution in [1.29, 1.82) is 0 Å². The van der Waals surface area contributed by atoms with Crippen LogP contribution < -0.4 is 10.1 Å². The van der Waals surface area contributed by atoms with Crippen molar-refractivity contribution < 1.29 is 9.53 Å². The molecule has 0 unspecified atom stereocenters. The van der Waals surface area contributed by atoms with E-state index in [9.17, 15) is 4.79 Å². The van der Waals surface area contributed by atoms with Gasteiger partial charge in [-0.2, -0.15) is 0 Å². The van der Waals surface area contributed by atoms with E-state index >= 15 is 0 Å². The lowest BCUT2D eigenvalue weighted by Gasteiger charge is -2.08. The number of imidazole rings is 1. The van der Waals surface area contributed by atoms with Crippen LogP contribution in [0.3, 0.4) is 0 Å². The van der Waals surface area contributed by atoms with E-state index in [1.165, 1.54) is 0 Å². The number of benzene rings is 1. The van der Waals surface area contributed by atoms with Gasteiger partial charge in [0.05, 0.1) is 12.2 Å². The summed E-state index contributed by atoms with van der Waals surface area (Å²) in [4.78, 5) is 16.7. The van der Waals surface area contributed by atoms with Gasteiger partial charge in [-0.15, -0.1) is 0 Å². The summed E-state index contributed by atoms with van der Waals surface area (Å²) in [7, 11) is 0. The largest absolute Gasteiger partial charge is 0.492 e. The van der Waals surface area contributed by atoms with Crippen LogP contribution >= 0.6 is 0 Å². The Kier molecular flexibility index (Phi) is 4.05. The molecule has 0 aliphatic heterocycles. The molecule has 22 heavy (non-hydrogen) atoms. The molecule has 3 aromatic rings. The summed E-state index contributed by atoms with van der Waals surface area (Å²) in [6, 6.07) is 15.2. The molecule has 0 spiro atoms. The van der Waals surface area contributed by atoms with Crippen LogP contribution in [-0.2, 0) is 0 Å². The highest BCUT2D eigenvalue weighted by atomic mass is 16.5. The molecule has 0 aliphatic rings. The molecule has 0 bridgehead atoms. The molecule has 1 amide bonds.